The van der Waals surface area contributed by atoms with Gasteiger partial charge in [0.05, 0.1) is 5.69 Å². The van der Waals surface area contributed by atoms with Crippen molar-refractivity contribution in [3.05, 3.63) is 41.5 Å². The summed E-state index contributed by atoms with van der Waals surface area (Å²) >= 11 is 0. The van der Waals surface area contributed by atoms with Crippen LogP contribution in [0.4, 0.5) is 0 Å². The fourth-order valence-electron chi connectivity index (χ4n) is 2.31. The van der Waals surface area contributed by atoms with Crippen LogP contribution in [-0.2, 0) is 0 Å². The summed E-state index contributed by atoms with van der Waals surface area (Å²) in [6.07, 6.45) is 0. The van der Waals surface area contributed by atoms with Crippen LogP contribution in [0.15, 0.2) is 24.3 Å². The third-order valence-electron chi connectivity index (χ3n) is 3.77. The van der Waals surface area contributed by atoms with Gasteiger partial charge in [0.1, 0.15) is 5.82 Å². The molecule has 1 aromatic heterocycles. The quantitative estimate of drug-likeness (QED) is 0.854. The number of carbonyl (C=O) groups excluding carboxylic acids is 1. The van der Waals surface area contributed by atoms with Gasteiger partial charge in [-0.3, -0.25) is 4.79 Å². The lowest BCUT2D eigenvalue weighted by Crippen LogP contribution is -2.32. The van der Waals surface area contributed by atoms with Crippen molar-refractivity contribution in [2.75, 3.05) is 13.1 Å². The number of aromatic nitrogens is 3. The van der Waals surface area contributed by atoms with Crippen LogP contribution in [0.1, 0.15) is 48.7 Å². The van der Waals surface area contributed by atoms with Crippen LogP contribution in [0.2, 0.25) is 0 Å². The third-order valence-corrected chi connectivity index (χ3v) is 3.77. The van der Waals surface area contributed by atoms with Gasteiger partial charge in [-0.25, -0.2) is 9.67 Å². The summed E-state index contributed by atoms with van der Waals surface area (Å²) in [5.74, 6) is 1.19. The zero-order valence-electron chi connectivity index (χ0n) is 14.2. The van der Waals surface area contributed by atoms with E-state index in [0.29, 0.717) is 24.8 Å². The average Bonchev–Trinajstić information content (AvgIpc) is 2.93. The second kappa shape index (κ2) is 7.37. The van der Waals surface area contributed by atoms with E-state index in [2.05, 4.69) is 35.3 Å². The molecule has 1 aromatic carbocycles. The Balaban J connectivity index is 2.27. The van der Waals surface area contributed by atoms with Gasteiger partial charge in [0.15, 0.2) is 0 Å². The van der Waals surface area contributed by atoms with Crippen molar-refractivity contribution in [2.24, 2.45) is 11.7 Å². The normalized spacial score (nSPS) is 12.4. The molecule has 1 unspecified atom stereocenters. The number of hydrogen-bond donors (Lipinski definition) is 2. The van der Waals surface area contributed by atoms with Crippen molar-refractivity contribution >= 4 is 5.91 Å². The molecule has 0 spiro atoms. The number of benzene rings is 1. The molecular weight excluding hydrogens is 290 g/mol. The van der Waals surface area contributed by atoms with Gasteiger partial charge in [0.25, 0.3) is 5.91 Å². The topological polar surface area (TPSA) is 85.8 Å². The molecule has 0 radical (unpaired) electrons. The Hall–Kier alpha value is -2.21. The maximum absolute atomic E-state index is 12.2. The van der Waals surface area contributed by atoms with Crippen molar-refractivity contribution in [2.45, 2.75) is 33.6 Å². The van der Waals surface area contributed by atoms with Crippen LogP contribution < -0.4 is 11.1 Å². The Kier molecular flexibility index (Phi) is 5.50. The van der Waals surface area contributed by atoms with E-state index in [1.165, 1.54) is 5.56 Å². The summed E-state index contributed by atoms with van der Waals surface area (Å²) in [6.45, 7) is 9.15. The number of para-hydroxylation sites is 1. The van der Waals surface area contributed by atoms with Gasteiger partial charge in [0.2, 0.25) is 5.82 Å². The molecular formula is C17H25N5O. The molecule has 6 heteroatoms. The van der Waals surface area contributed by atoms with Gasteiger partial charge >= 0.3 is 0 Å². The molecule has 0 saturated carbocycles. The van der Waals surface area contributed by atoms with Crippen LogP contribution >= 0.6 is 0 Å². The molecule has 23 heavy (non-hydrogen) atoms. The molecule has 0 aliphatic heterocycles. The number of nitrogens with one attached hydrogen (secondary N) is 1. The lowest BCUT2D eigenvalue weighted by Gasteiger charge is -2.12. The van der Waals surface area contributed by atoms with E-state index in [1.807, 2.05) is 32.0 Å². The molecule has 3 N–H and O–H groups in total. The summed E-state index contributed by atoms with van der Waals surface area (Å²) in [5, 5.41) is 7.21. The first kappa shape index (κ1) is 17.1. The number of hydrogen-bond acceptors (Lipinski definition) is 4. The van der Waals surface area contributed by atoms with E-state index in [9.17, 15) is 4.79 Å². The Labute approximate surface area is 137 Å². The monoisotopic (exact) mass is 315 g/mol. The molecule has 0 saturated heterocycles. The molecule has 1 heterocycles. The summed E-state index contributed by atoms with van der Waals surface area (Å²) < 4.78 is 1.73. The van der Waals surface area contributed by atoms with Gasteiger partial charge < -0.3 is 11.1 Å². The van der Waals surface area contributed by atoms with Gasteiger partial charge in [0, 0.05) is 6.54 Å². The molecule has 2 rings (SSSR count). The minimum Gasteiger partial charge on any atom is -0.349 e. The highest BCUT2D eigenvalue weighted by Gasteiger charge is 2.17. The first-order valence-electron chi connectivity index (χ1n) is 7.95. The Bertz CT molecular complexity index is 677. The van der Waals surface area contributed by atoms with Crippen molar-refractivity contribution < 1.29 is 4.79 Å². The summed E-state index contributed by atoms with van der Waals surface area (Å²) in [6, 6.07) is 8.04. The smallest absolute Gasteiger partial charge is 0.290 e. The minimum atomic E-state index is -0.269. The van der Waals surface area contributed by atoms with E-state index in [0.717, 1.165) is 5.69 Å². The summed E-state index contributed by atoms with van der Waals surface area (Å²) in [4.78, 5) is 16.5. The zero-order valence-corrected chi connectivity index (χ0v) is 14.2. The van der Waals surface area contributed by atoms with Gasteiger partial charge in [-0.1, -0.05) is 39.0 Å². The Morgan fingerprint density at radius 3 is 2.65 bits per heavy atom. The molecule has 0 aliphatic carbocycles. The summed E-state index contributed by atoms with van der Waals surface area (Å²) in [5.41, 5.74) is 7.69. The maximum Gasteiger partial charge on any atom is 0.290 e. The van der Waals surface area contributed by atoms with Gasteiger partial charge in [-0.05, 0) is 36.9 Å². The number of aryl methyl sites for hydroxylation is 1. The third kappa shape index (κ3) is 3.96. The SMILES string of the molecule is Cc1nc(C(=O)NCC(C)CN)nn1-c1ccccc1C(C)C. The first-order chi connectivity index (χ1) is 10.9. The van der Waals surface area contributed by atoms with Crippen LogP contribution in [0, 0.1) is 12.8 Å². The van der Waals surface area contributed by atoms with Gasteiger partial charge in [-0.2, -0.15) is 0 Å². The van der Waals surface area contributed by atoms with E-state index in [-0.39, 0.29) is 17.6 Å². The lowest BCUT2D eigenvalue weighted by molar-refractivity contribution is 0.0938. The van der Waals surface area contributed by atoms with Crippen molar-refractivity contribution in [3.8, 4) is 5.69 Å². The lowest BCUT2D eigenvalue weighted by atomic mass is 10.0. The molecule has 0 aliphatic rings. The van der Waals surface area contributed by atoms with E-state index < -0.39 is 0 Å². The van der Waals surface area contributed by atoms with Crippen molar-refractivity contribution in [1.29, 1.82) is 0 Å². The zero-order chi connectivity index (χ0) is 17.0. The van der Waals surface area contributed by atoms with Crippen LogP contribution in [0.25, 0.3) is 5.69 Å². The fourth-order valence-corrected chi connectivity index (χ4v) is 2.31. The average molecular weight is 315 g/mol. The molecule has 124 valence electrons. The fraction of sp³-hybridized carbons (Fsp3) is 0.471. The molecule has 6 nitrogen and oxygen atoms in total. The highest BCUT2D eigenvalue weighted by Crippen LogP contribution is 2.23. The van der Waals surface area contributed by atoms with E-state index in [4.69, 9.17) is 5.73 Å². The van der Waals surface area contributed by atoms with Crippen molar-refractivity contribution in [1.82, 2.24) is 20.1 Å². The largest absolute Gasteiger partial charge is 0.349 e. The second-order valence-corrected chi connectivity index (χ2v) is 6.16. The molecule has 2 aromatic rings. The highest BCUT2D eigenvalue weighted by atomic mass is 16.2. The van der Waals surface area contributed by atoms with Crippen LogP contribution in [0.5, 0.6) is 0 Å². The number of nitrogens with zero attached hydrogens (tertiary/aromatic N) is 3. The first-order valence-corrected chi connectivity index (χ1v) is 7.95. The molecule has 0 fully saturated rings. The van der Waals surface area contributed by atoms with Crippen molar-refractivity contribution in [3.63, 3.8) is 0 Å². The minimum absolute atomic E-state index is 0.185. The van der Waals surface area contributed by atoms with Crippen LogP contribution in [0.3, 0.4) is 0 Å². The number of nitrogens with two attached hydrogens (primary N) is 1. The molecule has 1 atom stereocenters. The highest BCUT2D eigenvalue weighted by molar-refractivity contribution is 5.90. The standard InChI is InChI=1S/C17H25N5O/c1-11(2)14-7-5-6-8-15(14)22-13(4)20-16(21-22)17(23)19-10-12(3)9-18/h5-8,11-12H,9-10,18H2,1-4H3,(H,19,23). The van der Waals surface area contributed by atoms with E-state index >= 15 is 0 Å². The Morgan fingerprint density at radius 2 is 2.00 bits per heavy atom. The summed E-state index contributed by atoms with van der Waals surface area (Å²) in [7, 11) is 0. The predicted molar refractivity (Wildman–Crippen MR) is 90.7 cm³/mol. The van der Waals surface area contributed by atoms with Crippen LogP contribution in [-0.4, -0.2) is 33.8 Å². The number of carbonyl (C=O) groups is 1. The predicted octanol–water partition coefficient (Wildman–Crippen LogP) is 2.02. The van der Waals surface area contributed by atoms with Gasteiger partial charge in [-0.15, -0.1) is 5.10 Å². The second-order valence-electron chi connectivity index (χ2n) is 6.16. The maximum atomic E-state index is 12.2. The molecule has 0 bridgehead atoms. The Morgan fingerprint density at radius 1 is 1.30 bits per heavy atom. The number of rotatable bonds is 6. The molecule has 1 amide bonds. The number of amides is 1. The van der Waals surface area contributed by atoms with E-state index in [1.54, 1.807) is 4.68 Å².